The van der Waals surface area contributed by atoms with Crippen molar-refractivity contribution in [1.29, 1.82) is 0 Å². The molecule has 0 saturated carbocycles. The zero-order valence-electron chi connectivity index (χ0n) is 26.4. The van der Waals surface area contributed by atoms with Gasteiger partial charge in [-0.25, -0.2) is 9.59 Å². The van der Waals surface area contributed by atoms with Gasteiger partial charge >= 0.3 is 12.1 Å². The van der Waals surface area contributed by atoms with Crippen LogP contribution in [0.2, 0.25) is 0 Å². The second kappa shape index (κ2) is 13.5. The molecule has 12 heteroatoms. The summed E-state index contributed by atoms with van der Waals surface area (Å²) in [5, 5.41) is 20.5. The Morgan fingerprint density at radius 3 is 2.53 bits per heavy atom. The van der Waals surface area contributed by atoms with E-state index in [2.05, 4.69) is 16.0 Å². The van der Waals surface area contributed by atoms with Crippen molar-refractivity contribution in [1.82, 2.24) is 9.80 Å². The smallest absolute Gasteiger partial charge is 0.323 e. The van der Waals surface area contributed by atoms with Gasteiger partial charge < -0.3 is 45.1 Å². The summed E-state index contributed by atoms with van der Waals surface area (Å²) in [5.41, 5.74) is 1.67. The maximum atomic E-state index is 13.8. The molecule has 2 aliphatic rings. The standard InChI is InChI=1S/C35H37N5O7/c1-21-17-40(22(2)19-41)33(42)26-11-7-13-28(37-34(43)36-24-14-15-29-30(16-24)46-20-45-29)32(26)47-31(21)18-39(3)35(44)38-27-12-6-9-23-8-4-5-10-25(23)27/h4-16,21-22,31,41H,17-20H2,1-3H3,(H,38,44)(H2,36,37,43)/t21-,22-,31-/m0/s1. The fourth-order valence-electron chi connectivity index (χ4n) is 5.72. The number of amides is 5. The van der Waals surface area contributed by atoms with Crippen molar-refractivity contribution in [3.63, 3.8) is 0 Å². The van der Waals surface area contributed by atoms with Crippen LogP contribution in [0.1, 0.15) is 24.2 Å². The van der Waals surface area contributed by atoms with E-state index < -0.39 is 18.2 Å². The number of hydrogen-bond donors (Lipinski definition) is 4. The molecule has 3 atom stereocenters. The molecule has 5 amide bonds. The molecule has 0 fully saturated rings. The Kier molecular flexibility index (Phi) is 9.03. The molecule has 6 rings (SSSR count). The molecule has 0 radical (unpaired) electrons. The molecule has 4 aromatic rings. The zero-order valence-corrected chi connectivity index (χ0v) is 26.4. The first-order valence-electron chi connectivity index (χ1n) is 15.4. The van der Waals surface area contributed by atoms with Gasteiger partial charge in [-0.3, -0.25) is 4.79 Å². The van der Waals surface area contributed by atoms with Crippen molar-refractivity contribution >= 4 is 45.8 Å². The maximum Gasteiger partial charge on any atom is 0.323 e. The van der Waals surface area contributed by atoms with Gasteiger partial charge in [0.05, 0.1) is 36.1 Å². The number of carbonyl (C=O) groups is 3. The lowest BCUT2D eigenvalue weighted by molar-refractivity contribution is 0.0373. The lowest BCUT2D eigenvalue weighted by atomic mass is 9.99. The minimum atomic E-state index is -0.585. The summed E-state index contributed by atoms with van der Waals surface area (Å²) in [7, 11) is 1.68. The highest BCUT2D eigenvalue weighted by molar-refractivity contribution is 6.05. The summed E-state index contributed by atoms with van der Waals surface area (Å²) in [6.45, 7) is 4.03. The Balaban J connectivity index is 1.25. The molecule has 0 aromatic heterocycles. The van der Waals surface area contributed by atoms with Crippen molar-refractivity contribution in [2.75, 3.05) is 49.5 Å². The number of carbonyl (C=O) groups excluding carboxylic acids is 3. The number of anilines is 3. The van der Waals surface area contributed by atoms with Crippen LogP contribution in [0.3, 0.4) is 0 Å². The molecule has 0 saturated heterocycles. The van der Waals surface area contributed by atoms with E-state index in [9.17, 15) is 19.5 Å². The van der Waals surface area contributed by atoms with Crippen LogP contribution in [0.5, 0.6) is 17.2 Å². The van der Waals surface area contributed by atoms with Gasteiger partial charge in [-0.05, 0) is 42.6 Å². The molecule has 0 aliphatic carbocycles. The fourth-order valence-corrected chi connectivity index (χ4v) is 5.72. The number of ether oxygens (including phenoxy) is 3. The molecule has 4 aromatic carbocycles. The summed E-state index contributed by atoms with van der Waals surface area (Å²) in [4.78, 5) is 43.6. The Bertz CT molecular complexity index is 1810. The number of benzene rings is 4. The maximum absolute atomic E-state index is 13.8. The minimum absolute atomic E-state index is 0.109. The summed E-state index contributed by atoms with van der Waals surface area (Å²) >= 11 is 0. The number of hydrogen-bond acceptors (Lipinski definition) is 7. The highest BCUT2D eigenvalue weighted by atomic mass is 16.7. The molecule has 0 bridgehead atoms. The summed E-state index contributed by atoms with van der Waals surface area (Å²) in [5.74, 6) is 0.682. The minimum Gasteiger partial charge on any atom is -0.485 e. The third-order valence-corrected chi connectivity index (χ3v) is 8.40. The molecule has 2 heterocycles. The van der Waals surface area contributed by atoms with Crippen molar-refractivity contribution in [3.05, 3.63) is 84.4 Å². The summed E-state index contributed by atoms with van der Waals surface area (Å²) in [6.07, 6.45) is -0.585. The Hall–Kier alpha value is -5.49. The van der Waals surface area contributed by atoms with Crippen molar-refractivity contribution in [2.24, 2.45) is 5.92 Å². The first kappa shape index (κ1) is 31.5. The van der Waals surface area contributed by atoms with Crippen LogP contribution in [-0.4, -0.2) is 78.6 Å². The van der Waals surface area contributed by atoms with Gasteiger partial charge in [-0.1, -0.05) is 49.4 Å². The Morgan fingerprint density at radius 1 is 0.957 bits per heavy atom. The molecule has 12 nitrogen and oxygen atoms in total. The first-order chi connectivity index (χ1) is 22.7. The van der Waals surface area contributed by atoms with Gasteiger partial charge in [0.2, 0.25) is 6.79 Å². The average molecular weight is 640 g/mol. The second-order valence-electron chi connectivity index (χ2n) is 11.8. The van der Waals surface area contributed by atoms with E-state index in [0.29, 0.717) is 22.9 Å². The monoisotopic (exact) mass is 639 g/mol. The number of likely N-dealkylation sites (N-methyl/N-ethyl adjacent to an activating group) is 1. The van der Waals surface area contributed by atoms with E-state index in [1.54, 1.807) is 55.3 Å². The lowest BCUT2D eigenvalue weighted by Gasteiger charge is -2.38. The van der Waals surface area contributed by atoms with Gasteiger partial charge in [0, 0.05) is 36.7 Å². The van der Waals surface area contributed by atoms with Crippen LogP contribution in [0.4, 0.5) is 26.7 Å². The average Bonchev–Trinajstić information content (AvgIpc) is 3.54. The third-order valence-electron chi connectivity index (χ3n) is 8.40. The molecule has 0 spiro atoms. The van der Waals surface area contributed by atoms with E-state index >= 15 is 0 Å². The van der Waals surface area contributed by atoms with E-state index in [-0.39, 0.29) is 61.3 Å². The van der Waals surface area contributed by atoms with E-state index in [1.165, 1.54) is 4.90 Å². The number of urea groups is 2. The topological polar surface area (TPSA) is 142 Å². The first-order valence-corrected chi connectivity index (χ1v) is 15.4. The number of rotatable bonds is 7. The van der Waals surface area contributed by atoms with Gasteiger partial charge in [0.1, 0.15) is 6.10 Å². The summed E-state index contributed by atoms with van der Waals surface area (Å²) < 4.78 is 17.3. The zero-order chi connectivity index (χ0) is 33.1. The van der Waals surface area contributed by atoms with Crippen molar-refractivity contribution in [2.45, 2.75) is 26.0 Å². The SMILES string of the molecule is C[C@H]1CN([C@@H](C)CO)C(=O)c2cccc(NC(=O)Nc3ccc4c(c3)OCO4)c2O[C@H]1CN(C)C(=O)Nc1cccc2ccccc12. The molecule has 47 heavy (non-hydrogen) atoms. The van der Waals surface area contributed by atoms with Crippen molar-refractivity contribution < 1.29 is 33.7 Å². The van der Waals surface area contributed by atoms with E-state index in [0.717, 1.165) is 10.8 Å². The number of aliphatic hydroxyl groups is 1. The largest absolute Gasteiger partial charge is 0.485 e. The number of fused-ring (bicyclic) bond motifs is 3. The molecule has 4 N–H and O–H groups in total. The molecule has 2 aliphatic heterocycles. The lowest BCUT2D eigenvalue weighted by Crippen LogP contribution is -2.50. The number of nitrogens with one attached hydrogen (secondary N) is 3. The van der Waals surface area contributed by atoms with Gasteiger partial charge in [-0.2, -0.15) is 0 Å². The van der Waals surface area contributed by atoms with E-state index in [1.807, 2.05) is 49.4 Å². The number of nitrogens with zero attached hydrogens (tertiary/aromatic N) is 2. The molecule has 244 valence electrons. The van der Waals surface area contributed by atoms with Gasteiger partial charge in [0.25, 0.3) is 5.91 Å². The Morgan fingerprint density at radius 2 is 1.70 bits per heavy atom. The summed E-state index contributed by atoms with van der Waals surface area (Å²) in [6, 6.07) is 22.1. The number of para-hydroxylation sites is 1. The van der Waals surface area contributed by atoms with Gasteiger partial charge in [-0.15, -0.1) is 0 Å². The highest BCUT2D eigenvalue weighted by Crippen LogP contribution is 2.36. The Labute approximate surface area is 272 Å². The van der Waals surface area contributed by atoms with Crippen LogP contribution in [0.15, 0.2) is 78.9 Å². The predicted molar refractivity (Wildman–Crippen MR) is 178 cm³/mol. The normalized spacial score (nSPS) is 17.5. The van der Waals surface area contributed by atoms with Crippen LogP contribution < -0.4 is 30.2 Å². The van der Waals surface area contributed by atoms with Crippen LogP contribution >= 0.6 is 0 Å². The van der Waals surface area contributed by atoms with Crippen LogP contribution in [0.25, 0.3) is 10.8 Å². The second-order valence-corrected chi connectivity index (χ2v) is 11.8. The quantitative estimate of drug-likeness (QED) is 0.206. The van der Waals surface area contributed by atoms with Crippen molar-refractivity contribution in [3.8, 4) is 17.2 Å². The highest BCUT2D eigenvalue weighted by Gasteiger charge is 2.35. The van der Waals surface area contributed by atoms with Crippen LogP contribution in [0, 0.1) is 5.92 Å². The molecular formula is C35H37N5O7. The number of aliphatic hydroxyl groups excluding tert-OH is 1. The molecular weight excluding hydrogens is 602 g/mol. The predicted octanol–water partition coefficient (Wildman–Crippen LogP) is 5.60. The third kappa shape index (κ3) is 6.73. The van der Waals surface area contributed by atoms with E-state index in [4.69, 9.17) is 14.2 Å². The van der Waals surface area contributed by atoms with Crippen LogP contribution in [-0.2, 0) is 0 Å². The molecule has 0 unspecified atom stereocenters. The fraction of sp³-hybridized carbons (Fsp3) is 0.286. The van der Waals surface area contributed by atoms with Gasteiger partial charge in [0.15, 0.2) is 17.2 Å².